The number of furan rings is 1. The van der Waals surface area contributed by atoms with Gasteiger partial charge >= 0.3 is 0 Å². The zero-order valence-corrected chi connectivity index (χ0v) is 10.6. The van der Waals surface area contributed by atoms with Crippen molar-refractivity contribution in [1.82, 2.24) is 5.32 Å². The van der Waals surface area contributed by atoms with Crippen molar-refractivity contribution in [2.24, 2.45) is 11.7 Å². The van der Waals surface area contributed by atoms with E-state index in [2.05, 4.69) is 26.1 Å². The fourth-order valence-electron chi connectivity index (χ4n) is 1.84. The number of nitrogens with two attached hydrogens (primary N) is 1. The van der Waals surface area contributed by atoms with Gasteiger partial charge in [-0.1, -0.05) is 13.8 Å². The van der Waals surface area contributed by atoms with Crippen molar-refractivity contribution >= 4 is 0 Å². The highest BCUT2D eigenvalue weighted by molar-refractivity contribution is 4.99. The lowest BCUT2D eigenvalue weighted by Gasteiger charge is -2.18. The van der Waals surface area contributed by atoms with Crippen molar-refractivity contribution in [3.63, 3.8) is 0 Å². The summed E-state index contributed by atoms with van der Waals surface area (Å²) in [5, 5.41) is 3.44. The first-order valence-corrected chi connectivity index (χ1v) is 6.09. The van der Waals surface area contributed by atoms with Crippen molar-refractivity contribution in [2.75, 3.05) is 6.54 Å². The second kappa shape index (κ2) is 6.71. The molecule has 0 saturated heterocycles. The molecular weight excluding hydrogens is 200 g/mol. The summed E-state index contributed by atoms with van der Waals surface area (Å²) in [6.07, 6.45) is 3.70. The quantitative estimate of drug-likeness (QED) is 0.746. The highest BCUT2D eigenvalue weighted by atomic mass is 16.3. The Bertz CT molecular complexity index is 269. The Balaban J connectivity index is 2.17. The molecule has 3 nitrogen and oxygen atoms in total. The number of hydrogen-bond acceptors (Lipinski definition) is 3. The van der Waals surface area contributed by atoms with E-state index < -0.39 is 0 Å². The van der Waals surface area contributed by atoms with Gasteiger partial charge in [0.05, 0.1) is 6.26 Å². The summed E-state index contributed by atoms with van der Waals surface area (Å²) in [6, 6.07) is 4.59. The minimum absolute atomic E-state index is 0.249. The Kier molecular flexibility index (Phi) is 5.56. The van der Waals surface area contributed by atoms with Gasteiger partial charge in [-0.15, -0.1) is 0 Å². The maximum absolute atomic E-state index is 6.01. The lowest BCUT2D eigenvalue weighted by atomic mass is 10.0. The predicted molar refractivity (Wildman–Crippen MR) is 67.3 cm³/mol. The monoisotopic (exact) mass is 224 g/mol. The minimum Gasteiger partial charge on any atom is -0.469 e. The van der Waals surface area contributed by atoms with Gasteiger partial charge in [0, 0.05) is 25.0 Å². The summed E-state index contributed by atoms with van der Waals surface area (Å²) in [5.41, 5.74) is 6.01. The van der Waals surface area contributed by atoms with Crippen LogP contribution in [0.1, 0.15) is 33.0 Å². The van der Waals surface area contributed by atoms with E-state index >= 15 is 0 Å². The Morgan fingerprint density at radius 1 is 1.38 bits per heavy atom. The second-order valence-electron chi connectivity index (χ2n) is 4.98. The number of rotatable bonds is 7. The molecule has 0 aliphatic rings. The van der Waals surface area contributed by atoms with E-state index in [4.69, 9.17) is 10.2 Å². The molecule has 0 fully saturated rings. The third-order valence-electron chi connectivity index (χ3n) is 2.59. The number of nitrogens with one attached hydrogen (secondary N) is 1. The molecule has 0 aliphatic carbocycles. The number of hydrogen-bond donors (Lipinski definition) is 2. The fourth-order valence-corrected chi connectivity index (χ4v) is 1.84. The average molecular weight is 224 g/mol. The molecule has 0 saturated carbocycles. The Hall–Kier alpha value is -0.800. The molecule has 2 atom stereocenters. The van der Waals surface area contributed by atoms with Crippen LogP contribution in [0.25, 0.3) is 0 Å². The molecule has 0 spiro atoms. The molecule has 1 rings (SSSR count). The largest absolute Gasteiger partial charge is 0.469 e. The predicted octanol–water partition coefficient (Wildman–Crippen LogP) is 2.17. The molecule has 0 aromatic carbocycles. The van der Waals surface area contributed by atoms with Crippen molar-refractivity contribution in [2.45, 2.75) is 45.7 Å². The van der Waals surface area contributed by atoms with Crippen LogP contribution >= 0.6 is 0 Å². The van der Waals surface area contributed by atoms with Crippen molar-refractivity contribution in [1.29, 1.82) is 0 Å². The SMILES string of the molecule is CC(C)CC(N)CNC(C)Cc1ccco1. The lowest BCUT2D eigenvalue weighted by Crippen LogP contribution is -2.39. The third-order valence-corrected chi connectivity index (χ3v) is 2.59. The zero-order valence-electron chi connectivity index (χ0n) is 10.6. The second-order valence-corrected chi connectivity index (χ2v) is 4.98. The van der Waals surface area contributed by atoms with Gasteiger partial charge in [-0.3, -0.25) is 0 Å². The summed E-state index contributed by atoms with van der Waals surface area (Å²) < 4.78 is 5.30. The van der Waals surface area contributed by atoms with Crippen LogP contribution in [0.15, 0.2) is 22.8 Å². The van der Waals surface area contributed by atoms with Gasteiger partial charge in [-0.25, -0.2) is 0 Å². The highest BCUT2D eigenvalue weighted by Gasteiger charge is 2.09. The molecule has 2 unspecified atom stereocenters. The standard InChI is InChI=1S/C13H24N2O/c1-10(2)7-12(14)9-15-11(3)8-13-5-4-6-16-13/h4-6,10-12,15H,7-9,14H2,1-3H3. The third kappa shape index (κ3) is 5.33. The van der Waals surface area contributed by atoms with E-state index in [1.807, 2.05) is 12.1 Å². The van der Waals surface area contributed by atoms with Crippen LogP contribution in [-0.4, -0.2) is 18.6 Å². The molecule has 3 heteroatoms. The average Bonchev–Trinajstić information content (AvgIpc) is 2.66. The molecular formula is C13H24N2O. The summed E-state index contributed by atoms with van der Waals surface area (Å²) in [4.78, 5) is 0. The first-order valence-electron chi connectivity index (χ1n) is 6.09. The van der Waals surface area contributed by atoms with Crippen LogP contribution in [0.5, 0.6) is 0 Å². The fraction of sp³-hybridized carbons (Fsp3) is 0.692. The van der Waals surface area contributed by atoms with Gasteiger partial charge in [0.1, 0.15) is 5.76 Å². The molecule has 0 amide bonds. The van der Waals surface area contributed by atoms with Gasteiger partial charge < -0.3 is 15.5 Å². The van der Waals surface area contributed by atoms with E-state index in [0.29, 0.717) is 12.0 Å². The van der Waals surface area contributed by atoms with Crippen LogP contribution in [-0.2, 0) is 6.42 Å². The van der Waals surface area contributed by atoms with Gasteiger partial charge in [0.2, 0.25) is 0 Å². The summed E-state index contributed by atoms with van der Waals surface area (Å²) in [5.74, 6) is 1.69. The molecule has 0 aliphatic heterocycles. The van der Waals surface area contributed by atoms with E-state index in [0.717, 1.165) is 25.1 Å². The zero-order chi connectivity index (χ0) is 12.0. The molecule has 16 heavy (non-hydrogen) atoms. The Morgan fingerprint density at radius 2 is 2.12 bits per heavy atom. The summed E-state index contributed by atoms with van der Waals surface area (Å²) in [6.45, 7) is 7.43. The van der Waals surface area contributed by atoms with E-state index in [1.54, 1.807) is 6.26 Å². The lowest BCUT2D eigenvalue weighted by molar-refractivity contribution is 0.418. The van der Waals surface area contributed by atoms with E-state index in [-0.39, 0.29) is 6.04 Å². The molecule has 92 valence electrons. The van der Waals surface area contributed by atoms with Crippen molar-refractivity contribution in [3.8, 4) is 0 Å². The summed E-state index contributed by atoms with van der Waals surface area (Å²) >= 11 is 0. The molecule has 1 heterocycles. The normalized spacial score (nSPS) is 15.3. The first-order chi connectivity index (χ1) is 7.58. The van der Waals surface area contributed by atoms with Gasteiger partial charge in [0.15, 0.2) is 0 Å². The van der Waals surface area contributed by atoms with Crippen LogP contribution < -0.4 is 11.1 Å². The molecule has 3 N–H and O–H groups in total. The molecule has 0 bridgehead atoms. The summed E-state index contributed by atoms with van der Waals surface area (Å²) in [7, 11) is 0. The molecule has 0 radical (unpaired) electrons. The van der Waals surface area contributed by atoms with Gasteiger partial charge in [-0.05, 0) is 31.4 Å². The molecule has 1 aromatic heterocycles. The van der Waals surface area contributed by atoms with Crippen LogP contribution in [0.3, 0.4) is 0 Å². The maximum atomic E-state index is 6.01. The topological polar surface area (TPSA) is 51.2 Å². The van der Waals surface area contributed by atoms with Crippen LogP contribution in [0.2, 0.25) is 0 Å². The van der Waals surface area contributed by atoms with Gasteiger partial charge in [-0.2, -0.15) is 0 Å². The smallest absolute Gasteiger partial charge is 0.105 e. The minimum atomic E-state index is 0.249. The Labute approximate surface area is 98.4 Å². The molecule has 1 aromatic rings. The Morgan fingerprint density at radius 3 is 2.69 bits per heavy atom. The van der Waals surface area contributed by atoms with E-state index in [1.165, 1.54) is 0 Å². The van der Waals surface area contributed by atoms with Crippen molar-refractivity contribution in [3.05, 3.63) is 24.2 Å². The maximum Gasteiger partial charge on any atom is 0.105 e. The van der Waals surface area contributed by atoms with Gasteiger partial charge in [0.25, 0.3) is 0 Å². The first kappa shape index (κ1) is 13.3. The van der Waals surface area contributed by atoms with Crippen LogP contribution in [0.4, 0.5) is 0 Å². The highest BCUT2D eigenvalue weighted by Crippen LogP contribution is 2.05. The van der Waals surface area contributed by atoms with Crippen molar-refractivity contribution < 1.29 is 4.42 Å². The van der Waals surface area contributed by atoms with Crippen LogP contribution in [0, 0.1) is 5.92 Å². The van der Waals surface area contributed by atoms with E-state index in [9.17, 15) is 0 Å².